The van der Waals surface area contributed by atoms with Gasteiger partial charge in [-0.1, -0.05) is 35.9 Å². The Morgan fingerprint density at radius 1 is 1.14 bits per heavy atom. The Morgan fingerprint density at radius 2 is 1.95 bits per heavy atom. The number of aryl methyl sites for hydroxylation is 2. The van der Waals surface area contributed by atoms with E-state index in [0.29, 0.717) is 0 Å². The van der Waals surface area contributed by atoms with Gasteiger partial charge in [-0.15, -0.1) is 0 Å². The van der Waals surface area contributed by atoms with Crippen LogP contribution in [0.1, 0.15) is 42.5 Å². The second-order valence-corrected chi connectivity index (χ2v) is 6.22. The van der Waals surface area contributed by atoms with E-state index >= 15 is 0 Å². The van der Waals surface area contributed by atoms with Crippen LogP contribution in [-0.2, 0) is 12.0 Å². The maximum Gasteiger partial charge on any atom is 0.120 e. The molecule has 21 heavy (non-hydrogen) atoms. The first-order chi connectivity index (χ1) is 9.99. The lowest BCUT2D eigenvalue weighted by molar-refractivity contribution is 0.0824. The van der Waals surface area contributed by atoms with Crippen LogP contribution < -0.4 is 4.74 Å². The molecule has 2 aromatic rings. The molecule has 1 aliphatic rings. The average Bonchev–Trinajstić information content (AvgIpc) is 2.77. The van der Waals surface area contributed by atoms with E-state index in [0.717, 1.165) is 29.7 Å². The highest BCUT2D eigenvalue weighted by atomic mass is 16.5. The summed E-state index contributed by atoms with van der Waals surface area (Å²) in [6.45, 7) is 6.09. The highest BCUT2D eigenvalue weighted by molar-refractivity contribution is 5.48. The fourth-order valence-corrected chi connectivity index (χ4v) is 3.14. The number of benzene rings is 2. The lowest BCUT2D eigenvalue weighted by atomic mass is 9.87. The van der Waals surface area contributed by atoms with Gasteiger partial charge in [0.2, 0.25) is 0 Å². The molecule has 3 rings (SSSR count). The van der Waals surface area contributed by atoms with Gasteiger partial charge in [-0.05, 0) is 62.4 Å². The van der Waals surface area contributed by atoms with Gasteiger partial charge in [-0.25, -0.2) is 0 Å². The minimum atomic E-state index is -0.891. The average molecular weight is 282 g/mol. The molecule has 0 radical (unpaired) electrons. The fourth-order valence-electron chi connectivity index (χ4n) is 3.14. The van der Waals surface area contributed by atoms with Crippen molar-refractivity contribution in [3.05, 3.63) is 64.7 Å². The van der Waals surface area contributed by atoms with Crippen molar-refractivity contribution in [3.8, 4) is 5.75 Å². The molecule has 0 saturated heterocycles. The maximum absolute atomic E-state index is 11.2. The first-order valence-corrected chi connectivity index (χ1v) is 7.58. The van der Waals surface area contributed by atoms with E-state index in [2.05, 4.69) is 25.1 Å². The summed E-state index contributed by atoms with van der Waals surface area (Å²) in [4.78, 5) is 0. The molecule has 0 saturated carbocycles. The number of hydrogen-bond acceptors (Lipinski definition) is 2. The minimum Gasteiger partial charge on any atom is -0.491 e. The molecule has 1 aliphatic carbocycles. The van der Waals surface area contributed by atoms with Crippen LogP contribution in [0.25, 0.3) is 0 Å². The molecule has 0 aliphatic heterocycles. The first kappa shape index (κ1) is 14.2. The van der Waals surface area contributed by atoms with Gasteiger partial charge in [-0.3, -0.25) is 0 Å². The van der Waals surface area contributed by atoms with Gasteiger partial charge in [0.1, 0.15) is 11.4 Å². The molecule has 2 aromatic carbocycles. The second-order valence-electron chi connectivity index (χ2n) is 6.22. The van der Waals surface area contributed by atoms with Crippen molar-refractivity contribution in [2.75, 3.05) is 0 Å². The fraction of sp³-hybridized carbons (Fsp3) is 0.368. The van der Waals surface area contributed by atoms with Gasteiger partial charge >= 0.3 is 0 Å². The molecule has 1 unspecified atom stereocenters. The van der Waals surface area contributed by atoms with Gasteiger partial charge < -0.3 is 9.84 Å². The standard InChI is InChI=1S/C19H22O2/c1-13(2)21-17-6-4-5-16(12-17)19(20)10-9-15-8-7-14(3)11-18(15)19/h4-8,11-13,20H,9-10H2,1-3H3. The highest BCUT2D eigenvalue weighted by Gasteiger charge is 2.38. The molecule has 2 heteroatoms. The summed E-state index contributed by atoms with van der Waals surface area (Å²) in [7, 11) is 0. The summed E-state index contributed by atoms with van der Waals surface area (Å²) in [5, 5.41) is 11.2. The topological polar surface area (TPSA) is 29.5 Å². The molecule has 2 nitrogen and oxygen atoms in total. The van der Waals surface area contributed by atoms with Crippen LogP contribution in [0.3, 0.4) is 0 Å². The highest BCUT2D eigenvalue weighted by Crippen LogP contribution is 2.43. The summed E-state index contributed by atoms with van der Waals surface area (Å²) in [6.07, 6.45) is 1.78. The Labute approximate surface area is 126 Å². The van der Waals surface area contributed by atoms with Crippen LogP contribution in [0.5, 0.6) is 5.75 Å². The molecule has 0 heterocycles. The van der Waals surface area contributed by atoms with Crippen molar-refractivity contribution in [1.29, 1.82) is 0 Å². The largest absolute Gasteiger partial charge is 0.491 e. The lowest BCUT2D eigenvalue weighted by Crippen LogP contribution is -2.24. The zero-order valence-electron chi connectivity index (χ0n) is 12.9. The Hall–Kier alpha value is -1.80. The number of fused-ring (bicyclic) bond motifs is 1. The van der Waals surface area contributed by atoms with Gasteiger partial charge in [0.25, 0.3) is 0 Å². The van der Waals surface area contributed by atoms with Crippen molar-refractivity contribution < 1.29 is 9.84 Å². The summed E-state index contributed by atoms with van der Waals surface area (Å²) in [5.41, 5.74) is 3.51. The summed E-state index contributed by atoms with van der Waals surface area (Å²) in [5.74, 6) is 0.817. The minimum absolute atomic E-state index is 0.132. The summed E-state index contributed by atoms with van der Waals surface area (Å²) >= 11 is 0. The van der Waals surface area contributed by atoms with Crippen LogP contribution in [0.4, 0.5) is 0 Å². The predicted molar refractivity (Wildman–Crippen MR) is 84.7 cm³/mol. The van der Waals surface area contributed by atoms with E-state index < -0.39 is 5.60 Å². The van der Waals surface area contributed by atoms with Crippen molar-refractivity contribution in [2.24, 2.45) is 0 Å². The number of hydrogen-bond donors (Lipinski definition) is 1. The van der Waals surface area contributed by atoms with Crippen LogP contribution in [0.15, 0.2) is 42.5 Å². The summed E-state index contributed by atoms with van der Waals surface area (Å²) in [6, 6.07) is 14.2. The van der Waals surface area contributed by atoms with E-state index in [4.69, 9.17) is 4.74 Å². The predicted octanol–water partition coefficient (Wildman–Crippen LogP) is 3.96. The summed E-state index contributed by atoms with van der Waals surface area (Å²) < 4.78 is 5.76. The van der Waals surface area contributed by atoms with Gasteiger partial charge in [0.15, 0.2) is 0 Å². The molecular formula is C19H22O2. The number of rotatable bonds is 3. The molecule has 1 N–H and O–H groups in total. The SMILES string of the molecule is Cc1ccc2c(c1)C(O)(c1cccc(OC(C)C)c1)CC2. The molecule has 0 amide bonds. The third kappa shape index (κ3) is 2.56. The molecule has 0 fully saturated rings. The van der Waals surface area contributed by atoms with E-state index in [1.165, 1.54) is 11.1 Å². The third-order valence-corrected chi connectivity index (χ3v) is 4.15. The zero-order chi connectivity index (χ0) is 15.0. The Balaban J connectivity index is 2.03. The Kier molecular flexibility index (Phi) is 3.50. The van der Waals surface area contributed by atoms with Gasteiger partial charge in [0, 0.05) is 0 Å². The quantitative estimate of drug-likeness (QED) is 0.923. The van der Waals surface area contributed by atoms with E-state index in [1.54, 1.807) is 0 Å². The molecule has 1 atom stereocenters. The van der Waals surface area contributed by atoms with E-state index in [-0.39, 0.29) is 6.10 Å². The van der Waals surface area contributed by atoms with E-state index in [1.807, 2.05) is 38.1 Å². The number of ether oxygens (including phenoxy) is 1. The van der Waals surface area contributed by atoms with Gasteiger partial charge in [-0.2, -0.15) is 0 Å². The van der Waals surface area contributed by atoms with Crippen LogP contribution in [0.2, 0.25) is 0 Å². The molecular weight excluding hydrogens is 260 g/mol. The lowest BCUT2D eigenvalue weighted by Gasteiger charge is -2.26. The Bertz CT molecular complexity index is 660. The van der Waals surface area contributed by atoms with Crippen molar-refractivity contribution in [2.45, 2.75) is 45.3 Å². The van der Waals surface area contributed by atoms with Crippen molar-refractivity contribution in [1.82, 2.24) is 0 Å². The smallest absolute Gasteiger partial charge is 0.120 e. The van der Waals surface area contributed by atoms with Crippen molar-refractivity contribution >= 4 is 0 Å². The molecule has 0 bridgehead atoms. The van der Waals surface area contributed by atoms with Crippen molar-refractivity contribution in [3.63, 3.8) is 0 Å². The Morgan fingerprint density at radius 3 is 2.71 bits per heavy atom. The zero-order valence-corrected chi connectivity index (χ0v) is 12.9. The van der Waals surface area contributed by atoms with Gasteiger partial charge in [0.05, 0.1) is 6.10 Å². The first-order valence-electron chi connectivity index (χ1n) is 7.58. The molecule has 0 aromatic heterocycles. The van der Waals surface area contributed by atoms with E-state index in [9.17, 15) is 5.11 Å². The third-order valence-electron chi connectivity index (χ3n) is 4.15. The normalized spacial score (nSPS) is 20.6. The monoisotopic (exact) mass is 282 g/mol. The van der Waals surface area contributed by atoms with Crippen LogP contribution >= 0.6 is 0 Å². The second kappa shape index (κ2) is 5.19. The number of aliphatic hydroxyl groups is 1. The van der Waals surface area contributed by atoms with Crippen LogP contribution in [0, 0.1) is 6.92 Å². The maximum atomic E-state index is 11.2. The molecule has 0 spiro atoms. The van der Waals surface area contributed by atoms with Crippen LogP contribution in [-0.4, -0.2) is 11.2 Å². The molecule has 110 valence electrons.